The minimum Gasteiger partial charge on any atom is -0.497 e. The molecule has 4 rings (SSSR count). The van der Waals surface area contributed by atoms with Gasteiger partial charge in [0, 0.05) is 23.7 Å². The topological polar surface area (TPSA) is 94.2 Å². The van der Waals surface area contributed by atoms with E-state index in [1.165, 1.54) is 19.2 Å². The van der Waals surface area contributed by atoms with Crippen molar-refractivity contribution in [3.8, 4) is 17.2 Å². The van der Waals surface area contributed by atoms with Crippen LogP contribution in [0.1, 0.15) is 47.6 Å². The molecule has 1 aliphatic heterocycles. The Kier molecular flexibility index (Phi) is 6.30. The zero-order valence-electron chi connectivity index (χ0n) is 18.5. The van der Waals surface area contributed by atoms with Crippen LogP contribution in [0.15, 0.2) is 41.3 Å². The van der Waals surface area contributed by atoms with Gasteiger partial charge in [-0.15, -0.1) is 0 Å². The third kappa shape index (κ3) is 4.40. The highest BCUT2D eigenvalue weighted by atomic mass is 32.2. The molecule has 1 unspecified atom stereocenters. The molecule has 0 aromatic heterocycles. The maximum absolute atomic E-state index is 13.5. The number of rotatable bonds is 8. The zero-order chi connectivity index (χ0) is 22.9. The van der Waals surface area contributed by atoms with Crippen LogP contribution in [-0.2, 0) is 10.0 Å². The molecule has 0 spiro atoms. The molecule has 2 aliphatic rings. The number of sulfonamides is 1. The minimum atomic E-state index is -3.79. The Labute approximate surface area is 188 Å². The molecule has 1 amide bonds. The Hall–Kier alpha value is -2.78. The van der Waals surface area contributed by atoms with Gasteiger partial charge in [0.1, 0.15) is 22.1 Å². The summed E-state index contributed by atoms with van der Waals surface area (Å²) in [6.45, 7) is 0.568. The molecule has 1 aliphatic carbocycles. The summed E-state index contributed by atoms with van der Waals surface area (Å²) in [5.74, 6) is 1.34. The monoisotopic (exact) mass is 460 g/mol. The number of carbonyl (C=O) groups excluding carboxylic acids is 1. The summed E-state index contributed by atoms with van der Waals surface area (Å²) in [6, 6.07) is 9.84. The lowest BCUT2D eigenvalue weighted by atomic mass is 10.0. The quantitative estimate of drug-likeness (QED) is 0.651. The fourth-order valence-corrected chi connectivity index (χ4v) is 5.60. The van der Waals surface area contributed by atoms with E-state index < -0.39 is 10.0 Å². The van der Waals surface area contributed by atoms with E-state index in [1.54, 1.807) is 25.2 Å². The maximum atomic E-state index is 13.5. The second kappa shape index (κ2) is 8.99. The molecule has 2 fully saturated rings. The summed E-state index contributed by atoms with van der Waals surface area (Å²) in [7, 11) is 0.821. The van der Waals surface area contributed by atoms with Gasteiger partial charge >= 0.3 is 0 Å². The molecule has 1 heterocycles. The van der Waals surface area contributed by atoms with Gasteiger partial charge in [-0.3, -0.25) is 4.79 Å². The van der Waals surface area contributed by atoms with Crippen molar-refractivity contribution in [2.24, 2.45) is 0 Å². The first kappa shape index (κ1) is 22.4. The van der Waals surface area contributed by atoms with E-state index in [9.17, 15) is 13.2 Å². The number of methoxy groups -OCH3 is 3. The van der Waals surface area contributed by atoms with Crippen LogP contribution in [-0.4, -0.2) is 53.1 Å². The van der Waals surface area contributed by atoms with Gasteiger partial charge in [-0.25, -0.2) is 13.1 Å². The van der Waals surface area contributed by atoms with Crippen LogP contribution in [0.2, 0.25) is 0 Å². The second-order valence-electron chi connectivity index (χ2n) is 8.03. The van der Waals surface area contributed by atoms with Crippen molar-refractivity contribution in [2.45, 2.75) is 42.7 Å². The molecule has 0 radical (unpaired) electrons. The third-order valence-electron chi connectivity index (χ3n) is 5.91. The summed E-state index contributed by atoms with van der Waals surface area (Å²) in [4.78, 5) is 15.2. The van der Waals surface area contributed by atoms with Crippen molar-refractivity contribution in [1.29, 1.82) is 0 Å². The lowest BCUT2D eigenvalue weighted by Gasteiger charge is -2.27. The molecule has 0 bridgehead atoms. The average molecular weight is 461 g/mol. The van der Waals surface area contributed by atoms with Crippen LogP contribution in [0.5, 0.6) is 17.2 Å². The standard InChI is InChI=1S/C23H28N2O6S/c1-29-17-9-11-20(30-2)18(14-17)19-5-4-12-25(19)23(26)15-6-10-21(31-3)22(13-15)32(27,28)24-16-7-8-16/h6,9-11,13-14,16,19,24H,4-5,7-8,12H2,1-3H3. The lowest BCUT2D eigenvalue weighted by Crippen LogP contribution is -2.31. The van der Waals surface area contributed by atoms with Gasteiger partial charge in [-0.1, -0.05) is 0 Å². The largest absolute Gasteiger partial charge is 0.497 e. The Bertz CT molecular complexity index is 1110. The highest BCUT2D eigenvalue weighted by molar-refractivity contribution is 7.89. The number of hydrogen-bond donors (Lipinski definition) is 1. The number of amides is 1. The van der Waals surface area contributed by atoms with E-state index >= 15 is 0 Å². The van der Waals surface area contributed by atoms with E-state index in [2.05, 4.69) is 4.72 Å². The number of nitrogens with zero attached hydrogens (tertiary/aromatic N) is 1. The predicted octanol–water partition coefficient (Wildman–Crippen LogP) is 3.13. The molecule has 2 aromatic rings. The average Bonchev–Trinajstić information content (AvgIpc) is 3.47. The number of likely N-dealkylation sites (tertiary alicyclic amines) is 1. The molecule has 1 saturated heterocycles. The molecule has 1 N–H and O–H groups in total. The van der Waals surface area contributed by atoms with Crippen LogP contribution in [0.3, 0.4) is 0 Å². The van der Waals surface area contributed by atoms with Crippen LogP contribution < -0.4 is 18.9 Å². The molecule has 32 heavy (non-hydrogen) atoms. The smallest absolute Gasteiger partial charge is 0.254 e. The van der Waals surface area contributed by atoms with Gasteiger partial charge < -0.3 is 19.1 Å². The van der Waals surface area contributed by atoms with Gasteiger partial charge in [0.15, 0.2) is 0 Å². The van der Waals surface area contributed by atoms with E-state index in [-0.39, 0.29) is 28.6 Å². The van der Waals surface area contributed by atoms with Crippen molar-refractivity contribution in [2.75, 3.05) is 27.9 Å². The van der Waals surface area contributed by atoms with Gasteiger partial charge in [-0.05, 0) is 62.1 Å². The van der Waals surface area contributed by atoms with Crippen LogP contribution in [0.25, 0.3) is 0 Å². The molecule has 8 nitrogen and oxygen atoms in total. The number of benzene rings is 2. The van der Waals surface area contributed by atoms with Crippen LogP contribution >= 0.6 is 0 Å². The van der Waals surface area contributed by atoms with E-state index in [4.69, 9.17) is 14.2 Å². The van der Waals surface area contributed by atoms with E-state index in [0.29, 0.717) is 23.6 Å². The Balaban J connectivity index is 1.67. The van der Waals surface area contributed by atoms with Gasteiger partial charge in [0.25, 0.3) is 5.91 Å². The Morgan fingerprint density at radius 3 is 2.34 bits per heavy atom. The fraction of sp³-hybridized carbons (Fsp3) is 0.435. The first-order chi connectivity index (χ1) is 15.4. The van der Waals surface area contributed by atoms with Crippen molar-refractivity contribution in [3.05, 3.63) is 47.5 Å². The second-order valence-corrected chi connectivity index (χ2v) is 9.71. The van der Waals surface area contributed by atoms with Gasteiger partial charge in [0.05, 0.1) is 27.4 Å². The summed E-state index contributed by atoms with van der Waals surface area (Å²) < 4.78 is 44.5. The summed E-state index contributed by atoms with van der Waals surface area (Å²) >= 11 is 0. The lowest BCUT2D eigenvalue weighted by molar-refractivity contribution is 0.0733. The predicted molar refractivity (Wildman–Crippen MR) is 119 cm³/mol. The Morgan fingerprint density at radius 1 is 0.969 bits per heavy atom. The van der Waals surface area contributed by atoms with Crippen LogP contribution in [0.4, 0.5) is 0 Å². The highest BCUT2D eigenvalue weighted by Crippen LogP contribution is 2.40. The zero-order valence-corrected chi connectivity index (χ0v) is 19.3. The summed E-state index contributed by atoms with van der Waals surface area (Å²) in [5, 5.41) is 0. The van der Waals surface area contributed by atoms with Crippen molar-refractivity contribution >= 4 is 15.9 Å². The molecular weight excluding hydrogens is 432 g/mol. The maximum Gasteiger partial charge on any atom is 0.254 e. The van der Waals surface area contributed by atoms with E-state index in [1.807, 2.05) is 18.2 Å². The number of hydrogen-bond acceptors (Lipinski definition) is 6. The molecular formula is C23H28N2O6S. The summed E-state index contributed by atoms with van der Waals surface area (Å²) in [6.07, 6.45) is 3.25. The van der Waals surface area contributed by atoms with Gasteiger partial charge in [-0.2, -0.15) is 0 Å². The van der Waals surface area contributed by atoms with E-state index in [0.717, 1.165) is 31.2 Å². The SMILES string of the molecule is COc1ccc(OC)c(C2CCCN2C(=O)c2ccc(OC)c(S(=O)(=O)NC3CC3)c2)c1. The number of nitrogens with one attached hydrogen (secondary N) is 1. The molecule has 9 heteroatoms. The first-order valence-electron chi connectivity index (χ1n) is 10.6. The summed E-state index contributed by atoms with van der Waals surface area (Å²) in [5.41, 5.74) is 1.17. The molecule has 2 aromatic carbocycles. The van der Waals surface area contributed by atoms with Crippen molar-refractivity contribution < 1.29 is 27.4 Å². The van der Waals surface area contributed by atoms with Gasteiger partial charge in [0.2, 0.25) is 10.0 Å². The number of carbonyl (C=O) groups is 1. The molecule has 1 atom stereocenters. The molecule has 172 valence electrons. The third-order valence-corrected chi connectivity index (χ3v) is 7.45. The minimum absolute atomic E-state index is 0.0209. The molecule has 1 saturated carbocycles. The van der Waals surface area contributed by atoms with Crippen molar-refractivity contribution in [1.82, 2.24) is 9.62 Å². The fourth-order valence-electron chi connectivity index (χ4n) is 4.10. The highest BCUT2D eigenvalue weighted by Gasteiger charge is 2.34. The Morgan fingerprint density at radius 2 is 1.69 bits per heavy atom. The van der Waals surface area contributed by atoms with Crippen LogP contribution in [0, 0.1) is 0 Å². The first-order valence-corrected chi connectivity index (χ1v) is 12.1. The number of ether oxygens (including phenoxy) is 3. The van der Waals surface area contributed by atoms with Crippen molar-refractivity contribution in [3.63, 3.8) is 0 Å². The normalized spacial score (nSPS) is 18.5.